The molecule has 0 bridgehead atoms. The van der Waals surface area contributed by atoms with E-state index in [1.54, 1.807) is 0 Å². The van der Waals surface area contributed by atoms with Gasteiger partial charge < -0.3 is 180 Å². The zero-order valence-electron chi connectivity index (χ0n) is 71.3. The third-order valence-corrected chi connectivity index (χ3v) is 20.4. The topological polar surface area (TPSA) is 699 Å². The first-order chi connectivity index (χ1) is 60.5. The first-order valence-electron chi connectivity index (χ1n) is 41.9. The fourth-order valence-electron chi connectivity index (χ4n) is 12.9. The number of amides is 8. The molecule has 4 aliphatic heterocycles. The molecule has 726 valence electrons. The molecule has 0 spiro atoms. The van der Waals surface area contributed by atoms with Crippen LogP contribution in [0.5, 0.6) is 0 Å². The first kappa shape index (κ1) is 110. The Balaban J connectivity index is 1.09. The van der Waals surface area contributed by atoms with Crippen LogP contribution in [0.25, 0.3) is 0 Å². The second-order valence-corrected chi connectivity index (χ2v) is 30.8. The lowest BCUT2D eigenvalue weighted by molar-refractivity contribution is -0.272. The highest BCUT2D eigenvalue weighted by atomic mass is 31.2. The standard InChI is InChI=1S/C75H132N11O39P/c1-46(90)80-61-67(100)64(97)52(39-87)123-72(61)117-35-32-111-23-20-108-26-29-114-43-57(94)77-15-9-6-12-49(70(103)79-17-8-4-5-11-19-120-126(106,107)121-42-55-51(93)38-60(122-55)86-18-14-56(76)85-75(86)105)84-71(104)50(83-59(96)45-116-31-28-110-22-25-113-34-37-119-74-63(82-48(3)92)69(102)66(99)54(41-89)125-74)13-7-10-16-78-58(95)44-115-30-27-109-21-24-112-33-36-118-73-62(81-47(2)91)68(101)65(98)53(40-88)124-73/h14,18,49-55,60-69,72-74,87-89,93,97-102H,4-13,15-17,19-45H2,1-3H3,(H,77,94)(H,78,95)(H,79,103)(H,80,90)(H,81,91)(H,82,92)(H,83,96)(H,84,104)(H,106,107)(H2,76,85,105)/t49-,50-,51-,52+,53+,54+,55+,60+,61+,62+,63+,64-,65-,66-,67+,68+,69+,72+,73+,74+/m0/s1. The van der Waals surface area contributed by atoms with Crippen LogP contribution >= 0.6 is 7.82 Å². The smallest absolute Gasteiger partial charge is 0.394 e. The Kier molecular flexibility index (Phi) is 54.8. The van der Waals surface area contributed by atoms with Gasteiger partial charge in [0.1, 0.15) is 123 Å². The summed E-state index contributed by atoms with van der Waals surface area (Å²) < 4.78 is 113. The fourth-order valence-corrected chi connectivity index (χ4v) is 13.6. The molecule has 50 nitrogen and oxygen atoms in total. The number of rotatable bonds is 68. The van der Waals surface area contributed by atoms with Gasteiger partial charge in [0.05, 0.1) is 158 Å². The van der Waals surface area contributed by atoms with E-state index in [1.165, 1.54) is 33.0 Å². The number of nitrogen functional groups attached to an aromatic ring is 1. The predicted molar refractivity (Wildman–Crippen MR) is 430 cm³/mol. The number of ether oxygens (including phenoxy) is 16. The van der Waals surface area contributed by atoms with Crippen LogP contribution in [0.4, 0.5) is 5.82 Å². The van der Waals surface area contributed by atoms with Gasteiger partial charge >= 0.3 is 13.5 Å². The lowest BCUT2D eigenvalue weighted by Crippen LogP contribution is -2.64. The Morgan fingerprint density at radius 1 is 0.452 bits per heavy atom. The molecule has 21 atom stereocenters. The molecule has 5 rings (SSSR count). The van der Waals surface area contributed by atoms with Crippen molar-refractivity contribution in [3.8, 4) is 0 Å². The molecule has 4 fully saturated rings. The van der Waals surface area contributed by atoms with Crippen LogP contribution in [-0.2, 0) is 128 Å². The first-order valence-corrected chi connectivity index (χ1v) is 43.4. The monoisotopic (exact) mass is 1840 g/mol. The summed E-state index contributed by atoms with van der Waals surface area (Å²) in [5, 5.41) is 123. The minimum atomic E-state index is -4.63. The molecule has 1 aromatic heterocycles. The molecule has 4 aliphatic rings. The van der Waals surface area contributed by atoms with Gasteiger partial charge in [-0.05, 0) is 57.4 Å². The van der Waals surface area contributed by atoms with Crippen LogP contribution in [0.1, 0.15) is 97.6 Å². The van der Waals surface area contributed by atoms with Crippen molar-refractivity contribution in [1.29, 1.82) is 0 Å². The third kappa shape index (κ3) is 43.0. The number of carbonyl (C=O) groups is 8. The number of unbranched alkanes of at least 4 members (excludes halogenated alkanes) is 5. The van der Waals surface area contributed by atoms with Crippen molar-refractivity contribution in [2.24, 2.45) is 0 Å². The van der Waals surface area contributed by atoms with Crippen LogP contribution in [0, 0.1) is 0 Å². The maximum absolute atomic E-state index is 14.4. The Bertz CT molecular complexity index is 3390. The largest absolute Gasteiger partial charge is 0.472 e. The molecule has 4 saturated heterocycles. The summed E-state index contributed by atoms with van der Waals surface area (Å²) >= 11 is 0. The number of aliphatic hydroxyl groups is 10. The number of hydrogen-bond donors (Lipinski definition) is 20. The summed E-state index contributed by atoms with van der Waals surface area (Å²) in [5.74, 6) is -4.47. The highest BCUT2D eigenvalue weighted by molar-refractivity contribution is 7.47. The van der Waals surface area contributed by atoms with E-state index < -0.39 is 216 Å². The van der Waals surface area contributed by atoms with Crippen molar-refractivity contribution in [3.05, 3.63) is 22.7 Å². The summed E-state index contributed by atoms with van der Waals surface area (Å²) in [6.07, 6.45) is -14.8. The number of nitrogens with zero attached hydrogens (tertiary/aromatic N) is 2. The summed E-state index contributed by atoms with van der Waals surface area (Å²) in [6, 6.07) is -4.40. The zero-order chi connectivity index (χ0) is 92.2. The summed E-state index contributed by atoms with van der Waals surface area (Å²) in [5.41, 5.74) is 4.85. The van der Waals surface area contributed by atoms with Crippen molar-refractivity contribution in [3.63, 3.8) is 0 Å². The lowest BCUT2D eigenvalue weighted by Gasteiger charge is -2.42. The molecular formula is C75H132N11O39P. The van der Waals surface area contributed by atoms with Crippen LogP contribution in [0.3, 0.4) is 0 Å². The fraction of sp³-hybridized carbons (Fsp3) is 0.840. The van der Waals surface area contributed by atoms with Crippen molar-refractivity contribution < 1.29 is 184 Å². The van der Waals surface area contributed by atoms with Crippen LogP contribution in [0.15, 0.2) is 17.1 Å². The van der Waals surface area contributed by atoms with Gasteiger partial charge in [-0.3, -0.25) is 52.0 Å². The Hall–Kier alpha value is -6.49. The highest BCUT2D eigenvalue weighted by Crippen LogP contribution is 2.44. The molecule has 0 radical (unpaired) electrons. The number of carbonyl (C=O) groups excluding carboxylic acids is 8. The van der Waals surface area contributed by atoms with Gasteiger partial charge in [0.25, 0.3) is 0 Å². The number of aromatic nitrogens is 2. The third-order valence-electron chi connectivity index (χ3n) is 19.4. The van der Waals surface area contributed by atoms with Crippen LogP contribution < -0.4 is 54.0 Å². The molecule has 51 heteroatoms. The molecule has 21 N–H and O–H groups in total. The normalized spacial score (nSPS) is 25.8. The maximum Gasteiger partial charge on any atom is 0.472 e. The van der Waals surface area contributed by atoms with E-state index in [1.807, 2.05) is 0 Å². The maximum atomic E-state index is 14.4. The average molecular weight is 1840 g/mol. The molecule has 0 aromatic carbocycles. The summed E-state index contributed by atoms with van der Waals surface area (Å²) in [7, 11) is -4.63. The SMILES string of the molecule is CC(=O)N[C@H]1[C@H](OCCOCCOCCOCC(=O)NCCCC[C@H](NC(=O)COCCOCCOCCO[C@@H]2O[C@H](CO)[C@H](O)[C@H](O)[C@H]2NC(C)=O)C(=O)N[C@@H](CCCCNC(=O)COCCOCCOCCO[C@@H]2O[C@H](CO)[C@H](O)[C@H](O)[C@H]2NC(C)=O)C(=O)NCCCCCCOP(=O)(O)OC[C@H]2O[C@@H](n3ccc(N)nc3=O)C[C@@H]2O)O[C@H](CO)[C@H](O)[C@@H]1O. The number of phosphoric acid groups is 1. The van der Waals surface area contributed by atoms with E-state index in [-0.39, 0.29) is 196 Å². The molecule has 0 aliphatic carbocycles. The number of aliphatic hydroxyl groups excluding tert-OH is 10. The molecule has 0 saturated carbocycles. The van der Waals surface area contributed by atoms with E-state index in [2.05, 4.69) is 47.5 Å². The van der Waals surface area contributed by atoms with E-state index in [0.717, 1.165) is 4.57 Å². The minimum absolute atomic E-state index is 0.00911. The molecule has 8 amide bonds. The second kappa shape index (κ2) is 62.7. The van der Waals surface area contributed by atoms with Crippen LogP contribution in [0.2, 0.25) is 0 Å². The van der Waals surface area contributed by atoms with Gasteiger partial charge in [0.2, 0.25) is 47.3 Å². The molecule has 126 heavy (non-hydrogen) atoms. The van der Waals surface area contributed by atoms with Crippen molar-refractivity contribution in [2.45, 2.75) is 214 Å². The van der Waals surface area contributed by atoms with Crippen molar-refractivity contribution >= 4 is 60.9 Å². The van der Waals surface area contributed by atoms with Gasteiger partial charge in [0.15, 0.2) is 18.9 Å². The van der Waals surface area contributed by atoms with Gasteiger partial charge in [0, 0.05) is 53.0 Å². The highest BCUT2D eigenvalue weighted by Gasteiger charge is 2.48. The average Bonchev–Trinajstić information content (AvgIpc) is 1.24. The van der Waals surface area contributed by atoms with Gasteiger partial charge in [-0.15, -0.1) is 0 Å². The van der Waals surface area contributed by atoms with E-state index in [4.69, 9.17) is 90.6 Å². The van der Waals surface area contributed by atoms with Gasteiger partial charge in [-0.2, -0.15) is 4.98 Å². The van der Waals surface area contributed by atoms with Crippen molar-refractivity contribution in [1.82, 2.24) is 52.1 Å². The Labute approximate surface area is 727 Å². The second-order valence-electron chi connectivity index (χ2n) is 29.4. The molecule has 5 heterocycles. The lowest BCUT2D eigenvalue weighted by atomic mass is 9.97. The summed E-state index contributed by atoms with van der Waals surface area (Å²) in [4.78, 5) is 129. The number of nitrogens with two attached hydrogens (primary N) is 1. The summed E-state index contributed by atoms with van der Waals surface area (Å²) in [6.45, 7) is 1.25. The van der Waals surface area contributed by atoms with Gasteiger partial charge in [-0.25, -0.2) is 9.36 Å². The Morgan fingerprint density at radius 2 is 0.817 bits per heavy atom. The van der Waals surface area contributed by atoms with E-state index >= 15 is 0 Å². The predicted octanol–water partition coefficient (Wildman–Crippen LogP) is -9.14. The zero-order valence-corrected chi connectivity index (χ0v) is 72.1. The minimum Gasteiger partial charge on any atom is -0.394 e. The number of anilines is 1. The molecular weight excluding hydrogens is 1710 g/mol. The van der Waals surface area contributed by atoms with Crippen LogP contribution in [-0.4, -0.2) is 420 Å². The van der Waals surface area contributed by atoms with Crippen molar-refractivity contribution in [2.75, 3.05) is 197 Å². The quantitative estimate of drug-likeness (QED) is 0.0213. The molecule has 1 unspecified atom stereocenters. The number of nitrogens with one attached hydrogen (secondary N) is 8. The van der Waals surface area contributed by atoms with E-state index in [9.17, 15) is 104 Å². The molecule has 1 aromatic rings. The Morgan fingerprint density at radius 3 is 1.21 bits per heavy atom. The van der Waals surface area contributed by atoms with Gasteiger partial charge in [-0.1, -0.05) is 12.8 Å². The number of phosphoric ester groups is 1. The number of hydrogen-bond acceptors (Lipinski definition) is 40. The van der Waals surface area contributed by atoms with E-state index in [0.29, 0.717) is 38.5 Å².